The standard InChI is InChI=1S/C13H19NO2/c1-4-16-13(15)8-12(14)11-7-9(2)5-6-10(11)3/h5-7,12H,4,8,14H2,1-3H3/p+1/t12-/m1/s1. The van der Waals surface area contributed by atoms with Gasteiger partial charge in [0.05, 0.1) is 6.61 Å². The van der Waals surface area contributed by atoms with Gasteiger partial charge in [0.25, 0.3) is 0 Å². The molecule has 1 atom stereocenters. The first-order valence-electron chi connectivity index (χ1n) is 5.60. The van der Waals surface area contributed by atoms with Crippen molar-refractivity contribution < 1.29 is 15.3 Å². The SMILES string of the molecule is CCOC(=O)C[C@@H]([NH3+])c1cc(C)ccc1C. The fourth-order valence-electron chi connectivity index (χ4n) is 1.73. The molecule has 0 aliphatic carbocycles. The van der Waals surface area contributed by atoms with Gasteiger partial charge in [0.15, 0.2) is 0 Å². The maximum Gasteiger partial charge on any atom is 0.312 e. The van der Waals surface area contributed by atoms with Crippen molar-refractivity contribution in [2.75, 3.05) is 6.61 Å². The fourth-order valence-corrected chi connectivity index (χ4v) is 1.73. The zero-order chi connectivity index (χ0) is 12.1. The summed E-state index contributed by atoms with van der Waals surface area (Å²) < 4.78 is 4.93. The normalized spacial score (nSPS) is 12.2. The average Bonchev–Trinajstić information content (AvgIpc) is 2.21. The van der Waals surface area contributed by atoms with Crippen LogP contribution in [0.25, 0.3) is 0 Å². The summed E-state index contributed by atoms with van der Waals surface area (Å²) in [5, 5.41) is 0. The van der Waals surface area contributed by atoms with E-state index in [0.29, 0.717) is 13.0 Å². The van der Waals surface area contributed by atoms with E-state index >= 15 is 0 Å². The van der Waals surface area contributed by atoms with Crippen LogP contribution in [0.2, 0.25) is 0 Å². The number of hydrogen-bond acceptors (Lipinski definition) is 2. The molecule has 0 amide bonds. The van der Waals surface area contributed by atoms with Crippen molar-refractivity contribution in [3.8, 4) is 0 Å². The molecule has 1 aromatic carbocycles. The first kappa shape index (κ1) is 12.7. The van der Waals surface area contributed by atoms with E-state index in [-0.39, 0.29) is 12.0 Å². The van der Waals surface area contributed by atoms with E-state index in [1.54, 1.807) is 0 Å². The molecule has 0 heterocycles. The highest BCUT2D eigenvalue weighted by molar-refractivity contribution is 5.70. The zero-order valence-electron chi connectivity index (χ0n) is 10.2. The minimum atomic E-state index is -0.177. The first-order valence-corrected chi connectivity index (χ1v) is 5.60. The van der Waals surface area contributed by atoms with Gasteiger partial charge in [-0.25, -0.2) is 0 Å². The number of quaternary nitrogens is 1. The van der Waals surface area contributed by atoms with Gasteiger partial charge in [-0.05, 0) is 32.4 Å². The monoisotopic (exact) mass is 222 g/mol. The molecule has 0 spiro atoms. The fraction of sp³-hybridized carbons (Fsp3) is 0.462. The first-order chi connectivity index (χ1) is 7.54. The molecular formula is C13H20NO2+. The van der Waals surface area contributed by atoms with Crippen LogP contribution < -0.4 is 5.73 Å². The number of benzene rings is 1. The Labute approximate surface area is 96.6 Å². The van der Waals surface area contributed by atoms with Crippen molar-refractivity contribution in [2.45, 2.75) is 33.2 Å². The van der Waals surface area contributed by atoms with Gasteiger partial charge in [0.2, 0.25) is 0 Å². The molecule has 0 radical (unpaired) electrons. The minimum absolute atomic E-state index is 0.0288. The lowest BCUT2D eigenvalue weighted by Gasteiger charge is -2.12. The van der Waals surface area contributed by atoms with Crippen LogP contribution >= 0.6 is 0 Å². The quantitative estimate of drug-likeness (QED) is 0.786. The van der Waals surface area contributed by atoms with Crippen LogP contribution in [0.4, 0.5) is 0 Å². The Morgan fingerprint density at radius 3 is 2.75 bits per heavy atom. The third-order valence-electron chi connectivity index (χ3n) is 2.59. The highest BCUT2D eigenvalue weighted by Gasteiger charge is 2.17. The molecule has 0 saturated heterocycles. The van der Waals surface area contributed by atoms with Gasteiger partial charge >= 0.3 is 5.97 Å². The number of rotatable bonds is 4. The molecule has 3 nitrogen and oxygen atoms in total. The van der Waals surface area contributed by atoms with E-state index < -0.39 is 0 Å². The molecule has 0 fully saturated rings. The van der Waals surface area contributed by atoms with Crippen LogP contribution in [0.1, 0.15) is 36.1 Å². The molecule has 0 aromatic heterocycles. The summed E-state index contributed by atoms with van der Waals surface area (Å²) in [4.78, 5) is 11.4. The third kappa shape index (κ3) is 3.35. The Kier molecular flexibility index (Phi) is 4.50. The third-order valence-corrected chi connectivity index (χ3v) is 2.59. The van der Waals surface area contributed by atoms with Crippen molar-refractivity contribution in [3.05, 3.63) is 34.9 Å². The molecule has 0 aliphatic rings. The topological polar surface area (TPSA) is 53.9 Å². The van der Waals surface area contributed by atoms with E-state index in [9.17, 15) is 4.79 Å². The number of ether oxygens (including phenoxy) is 1. The lowest BCUT2D eigenvalue weighted by molar-refractivity contribution is -0.426. The summed E-state index contributed by atoms with van der Waals surface area (Å²) in [6.07, 6.45) is 0.345. The van der Waals surface area contributed by atoms with Crippen molar-refractivity contribution >= 4 is 5.97 Å². The summed E-state index contributed by atoms with van der Waals surface area (Å²) in [6, 6.07) is 6.19. The summed E-state index contributed by atoms with van der Waals surface area (Å²) in [5.41, 5.74) is 7.53. The molecule has 0 saturated carbocycles. The average molecular weight is 222 g/mol. The second kappa shape index (κ2) is 5.66. The number of hydrogen-bond donors (Lipinski definition) is 1. The Balaban J connectivity index is 2.76. The lowest BCUT2D eigenvalue weighted by Crippen LogP contribution is -2.54. The van der Waals surface area contributed by atoms with Gasteiger partial charge in [-0.1, -0.05) is 17.7 Å². The van der Waals surface area contributed by atoms with Crippen molar-refractivity contribution in [1.29, 1.82) is 0 Å². The molecular weight excluding hydrogens is 202 g/mol. The number of aryl methyl sites for hydroxylation is 2. The highest BCUT2D eigenvalue weighted by Crippen LogP contribution is 2.18. The Bertz CT molecular complexity index is 374. The van der Waals surface area contributed by atoms with Crippen LogP contribution in [0.15, 0.2) is 18.2 Å². The highest BCUT2D eigenvalue weighted by atomic mass is 16.5. The van der Waals surface area contributed by atoms with Crippen molar-refractivity contribution in [2.24, 2.45) is 0 Å². The minimum Gasteiger partial charge on any atom is -0.466 e. The second-order valence-corrected chi connectivity index (χ2v) is 4.07. The van der Waals surface area contributed by atoms with Crippen LogP contribution in [-0.4, -0.2) is 12.6 Å². The molecule has 3 N–H and O–H groups in total. The van der Waals surface area contributed by atoms with E-state index in [2.05, 4.69) is 23.9 Å². The van der Waals surface area contributed by atoms with Gasteiger partial charge in [-0.2, -0.15) is 0 Å². The molecule has 0 unspecified atom stereocenters. The summed E-state index contributed by atoms with van der Waals surface area (Å²) in [7, 11) is 0. The Morgan fingerprint density at radius 1 is 1.44 bits per heavy atom. The number of carbonyl (C=O) groups excluding carboxylic acids is 1. The van der Waals surface area contributed by atoms with Crippen LogP contribution in [0.3, 0.4) is 0 Å². The van der Waals surface area contributed by atoms with Crippen LogP contribution in [-0.2, 0) is 9.53 Å². The van der Waals surface area contributed by atoms with E-state index in [1.807, 2.05) is 20.8 Å². The predicted molar refractivity (Wildman–Crippen MR) is 62.8 cm³/mol. The summed E-state index contributed by atoms with van der Waals surface area (Å²) in [5.74, 6) is -0.177. The molecule has 0 aliphatic heterocycles. The number of esters is 1. The van der Waals surface area contributed by atoms with Gasteiger partial charge < -0.3 is 10.5 Å². The van der Waals surface area contributed by atoms with Gasteiger partial charge in [-0.3, -0.25) is 4.79 Å². The molecule has 1 aromatic rings. The lowest BCUT2D eigenvalue weighted by atomic mass is 9.97. The molecule has 1 rings (SSSR count). The predicted octanol–water partition coefficient (Wildman–Crippen LogP) is 1.54. The Morgan fingerprint density at radius 2 is 2.12 bits per heavy atom. The van der Waals surface area contributed by atoms with E-state index in [0.717, 1.165) is 5.56 Å². The van der Waals surface area contributed by atoms with Crippen molar-refractivity contribution in [3.63, 3.8) is 0 Å². The van der Waals surface area contributed by atoms with Crippen molar-refractivity contribution in [1.82, 2.24) is 0 Å². The number of carbonyl (C=O) groups is 1. The maximum atomic E-state index is 11.4. The van der Waals surface area contributed by atoms with Gasteiger partial charge in [-0.15, -0.1) is 0 Å². The Hall–Kier alpha value is -1.35. The van der Waals surface area contributed by atoms with Gasteiger partial charge in [0, 0.05) is 5.56 Å². The molecule has 88 valence electrons. The smallest absolute Gasteiger partial charge is 0.312 e. The van der Waals surface area contributed by atoms with Gasteiger partial charge in [0.1, 0.15) is 12.5 Å². The summed E-state index contributed by atoms with van der Waals surface area (Å²) >= 11 is 0. The summed E-state index contributed by atoms with van der Waals surface area (Å²) in [6.45, 7) is 6.32. The molecule has 16 heavy (non-hydrogen) atoms. The second-order valence-electron chi connectivity index (χ2n) is 4.07. The van der Waals surface area contributed by atoms with E-state index in [1.165, 1.54) is 11.1 Å². The largest absolute Gasteiger partial charge is 0.466 e. The van der Waals surface area contributed by atoms with Crippen LogP contribution in [0.5, 0.6) is 0 Å². The van der Waals surface area contributed by atoms with Crippen LogP contribution in [0, 0.1) is 13.8 Å². The molecule has 3 heteroatoms. The molecule has 0 bridgehead atoms. The zero-order valence-corrected chi connectivity index (χ0v) is 10.2. The maximum absolute atomic E-state index is 11.4. The van der Waals surface area contributed by atoms with E-state index in [4.69, 9.17) is 4.74 Å².